The Balaban J connectivity index is 1.97. The van der Waals surface area contributed by atoms with E-state index in [-0.39, 0.29) is 11.9 Å². The number of nitrogens with one attached hydrogen (secondary N) is 1. The van der Waals surface area contributed by atoms with Crippen molar-refractivity contribution in [1.82, 2.24) is 5.32 Å². The fourth-order valence-corrected chi connectivity index (χ4v) is 1.96. The molecule has 0 radical (unpaired) electrons. The summed E-state index contributed by atoms with van der Waals surface area (Å²) < 4.78 is 0. The van der Waals surface area contributed by atoms with E-state index in [0.29, 0.717) is 5.56 Å². The second-order valence-corrected chi connectivity index (χ2v) is 4.52. The zero-order chi connectivity index (χ0) is 11.4. The van der Waals surface area contributed by atoms with E-state index in [2.05, 4.69) is 30.1 Å². The molecule has 1 aliphatic carbocycles. The van der Waals surface area contributed by atoms with Crippen molar-refractivity contribution in [2.75, 3.05) is 0 Å². The normalized spacial score (nSPS) is 19.4. The topological polar surface area (TPSA) is 29.1 Å². The summed E-state index contributed by atoms with van der Waals surface area (Å²) in [5.74, 6) is 0.00799. The van der Waals surface area contributed by atoms with Crippen molar-refractivity contribution in [2.24, 2.45) is 0 Å². The van der Waals surface area contributed by atoms with Gasteiger partial charge in [0.05, 0.1) is 0 Å². The number of thiol groups is 1. The quantitative estimate of drug-likeness (QED) is 0.597. The monoisotopic (exact) mass is 233 g/mol. The summed E-state index contributed by atoms with van der Waals surface area (Å²) in [6.07, 6.45) is 7.33. The minimum absolute atomic E-state index is 0.00799. The predicted octanol–water partition coefficient (Wildman–Crippen LogP) is 2.81. The number of rotatable bonds is 2. The first-order chi connectivity index (χ1) is 7.75. The van der Waals surface area contributed by atoms with Gasteiger partial charge in [-0.2, -0.15) is 0 Å². The van der Waals surface area contributed by atoms with E-state index in [9.17, 15) is 4.79 Å². The Morgan fingerprint density at radius 1 is 1.25 bits per heavy atom. The van der Waals surface area contributed by atoms with Crippen LogP contribution >= 0.6 is 12.6 Å². The molecule has 0 aromatic heterocycles. The van der Waals surface area contributed by atoms with Gasteiger partial charge in [-0.25, -0.2) is 0 Å². The minimum Gasteiger partial charge on any atom is -0.349 e. The number of hydrogen-bond donors (Lipinski definition) is 2. The molecule has 0 bridgehead atoms. The molecule has 1 aliphatic rings. The second-order valence-electron chi connectivity index (χ2n) is 4.00. The van der Waals surface area contributed by atoms with E-state index in [1.807, 2.05) is 12.1 Å². The highest BCUT2D eigenvalue weighted by molar-refractivity contribution is 7.80. The van der Waals surface area contributed by atoms with Crippen molar-refractivity contribution in [3.05, 3.63) is 42.0 Å². The lowest BCUT2D eigenvalue weighted by Gasteiger charge is -2.19. The number of benzene rings is 1. The number of carbonyl (C=O) groups excluding carboxylic acids is 1. The molecule has 2 nitrogen and oxygen atoms in total. The molecule has 1 unspecified atom stereocenters. The molecule has 2 rings (SSSR count). The summed E-state index contributed by atoms with van der Waals surface area (Å²) >= 11 is 4.19. The smallest absolute Gasteiger partial charge is 0.251 e. The molecular formula is C13H15NOS. The van der Waals surface area contributed by atoms with Crippen molar-refractivity contribution in [2.45, 2.75) is 30.2 Å². The van der Waals surface area contributed by atoms with E-state index in [0.717, 1.165) is 24.2 Å². The van der Waals surface area contributed by atoms with Crippen molar-refractivity contribution < 1.29 is 4.79 Å². The average molecular weight is 233 g/mol. The highest BCUT2D eigenvalue weighted by Crippen LogP contribution is 2.12. The Morgan fingerprint density at radius 3 is 2.62 bits per heavy atom. The van der Waals surface area contributed by atoms with Crippen LogP contribution in [0.1, 0.15) is 29.6 Å². The van der Waals surface area contributed by atoms with Crippen molar-refractivity contribution in [3.8, 4) is 0 Å². The largest absolute Gasteiger partial charge is 0.349 e. The van der Waals surface area contributed by atoms with Crippen LogP contribution in [0.5, 0.6) is 0 Å². The van der Waals surface area contributed by atoms with Crippen molar-refractivity contribution >= 4 is 18.5 Å². The molecule has 1 amide bonds. The first-order valence-corrected chi connectivity index (χ1v) is 5.95. The Morgan fingerprint density at radius 2 is 2.00 bits per heavy atom. The molecule has 1 aromatic carbocycles. The Labute approximate surface area is 101 Å². The molecule has 0 heterocycles. The molecule has 84 valence electrons. The summed E-state index contributed by atoms with van der Waals surface area (Å²) in [6.45, 7) is 0. The van der Waals surface area contributed by atoms with Crippen LogP contribution < -0.4 is 5.32 Å². The summed E-state index contributed by atoms with van der Waals surface area (Å²) in [4.78, 5) is 12.7. The van der Waals surface area contributed by atoms with Crippen LogP contribution in [0.3, 0.4) is 0 Å². The van der Waals surface area contributed by atoms with Gasteiger partial charge in [0.25, 0.3) is 5.91 Å². The lowest BCUT2D eigenvalue weighted by molar-refractivity contribution is 0.0934. The van der Waals surface area contributed by atoms with Gasteiger partial charge in [0, 0.05) is 16.5 Å². The molecule has 1 atom stereocenters. The maximum atomic E-state index is 11.9. The van der Waals surface area contributed by atoms with Crippen molar-refractivity contribution in [1.29, 1.82) is 0 Å². The first-order valence-electron chi connectivity index (χ1n) is 5.50. The summed E-state index contributed by atoms with van der Waals surface area (Å²) in [6, 6.07) is 7.55. The zero-order valence-electron chi connectivity index (χ0n) is 9.02. The molecule has 3 heteroatoms. The van der Waals surface area contributed by atoms with Crippen LogP contribution in [0.25, 0.3) is 0 Å². The Bertz CT molecular complexity index is 397. The van der Waals surface area contributed by atoms with Crippen LogP contribution in [0.15, 0.2) is 41.3 Å². The fourth-order valence-electron chi connectivity index (χ4n) is 1.81. The maximum Gasteiger partial charge on any atom is 0.251 e. The number of amides is 1. The van der Waals surface area contributed by atoms with E-state index in [1.54, 1.807) is 12.1 Å². The molecule has 1 aromatic rings. The molecule has 0 spiro atoms. The van der Waals surface area contributed by atoms with Gasteiger partial charge in [0.15, 0.2) is 0 Å². The highest BCUT2D eigenvalue weighted by Gasteiger charge is 2.13. The van der Waals surface area contributed by atoms with Crippen molar-refractivity contribution in [3.63, 3.8) is 0 Å². The van der Waals surface area contributed by atoms with Gasteiger partial charge in [0.1, 0.15) is 0 Å². The SMILES string of the molecule is O=C(NC1CC=CCC1)c1ccc(S)cc1. The van der Waals surface area contributed by atoms with Gasteiger partial charge < -0.3 is 5.32 Å². The summed E-state index contributed by atoms with van der Waals surface area (Å²) in [7, 11) is 0. The fraction of sp³-hybridized carbons (Fsp3) is 0.308. The third-order valence-corrected chi connectivity index (χ3v) is 3.03. The van der Waals surface area contributed by atoms with Crippen LogP contribution in [0, 0.1) is 0 Å². The van der Waals surface area contributed by atoms with E-state index in [4.69, 9.17) is 0 Å². The first kappa shape index (κ1) is 11.3. The second kappa shape index (κ2) is 5.21. The lowest BCUT2D eigenvalue weighted by Crippen LogP contribution is -2.35. The van der Waals surface area contributed by atoms with Gasteiger partial charge in [-0.1, -0.05) is 12.2 Å². The van der Waals surface area contributed by atoms with Gasteiger partial charge >= 0.3 is 0 Å². The standard InChI is InChI=1S/C13H15NOS/c15-13(10-6-8-12(16)9-7-10)14-11-4-2-1-3-5-11/h1-2,6-9,11,16H,3-5H2,(H,14,15). The zero-order valence-corrected chi connectivity index (χ0v) is 9.91. The van der Waals surface area contributed by atoms with Gasteiger partial charge in [-0.3, -0.25) is 4.79 Å². The lowest BCUT2D eigenvalue weighted by atomic mass is 10.0. The van der Waals surface area contributed by atoms with E-state index < -0.39 is 0 Å². The Hall–Kier alpha value is -1.22. The van der Waals surface area contributed by atoms with Gasteiger partial charge in [0.2, 0.25) is 0 Å². The van der Waals surface area contributed by atoms with Crippen LogP contribution in [0.2, 0.25) is 0 Å². The van der Waals surface area contributed by atoms with Crippen LogP contribution in [-0.4, -0.2) is 11.9 Å². The van der Waals surface area contributed by atoms with E-state index in [1.165, 1.54) is 0 Å². The third-order valence-electron chi connectivity index (χ3n) is 2.73. The minimum atomic E-state index is 0.00799. The van der Waals surface area contributed by atoms with Gasteiger partial charge in [-0.05, 0) is 43.5 Å². The Kier molecular flexibility index (Phi) is 3.67. The molecule has 0 aliphatic heterocycles. The molecule has 16 heavy (non-hydrogen) atoms. The number of allylic oxidation sites excluding steroid dienone is 1. The van der Waals surface area contributed by atoms with Crippen LogP contribution in [0.4, 0.5) is 0 Å². The maximum absolute atomic E-state index is 11.9. The number of hydrogen-bond acceptors (Lipinski definition) is 2. The molecule has 0 saturated carbocycles. The third kappa shape index (κ3) is 2.89. The van der Waals surface area contributed by atoms with E-state index >= 15 is 0 Å². The molecule has 1 N–H and O–H groups in total. The highest BCUT2D eigenvalue weighted by atomic mass is 32.1. The van der Waals surface area contributed by atoms with Crippen LogP contribution in [-0.2, 0) is 0 Å². The molecular weight excluding hydrogens is 218 g/mol. The summed E-state index contributed by atoms with van der Waals surface area (Å²) in [5.41, 5.74) is 0.701. The van der Waals surface area contributed by atoms with Gasteiger partial charge in [-0.15, -0.1) is 12.6 Å². The summed E-state index contributed by atoms with van der Waals surface area (Å²) in [5, 5.41) is 3.04. The number of carbonyl (C=O) groups is 1. The predicted molar refractivity (Wildman–Crippen MR) is 67.9 cm³/mol. The molecule has 0 saturated heterocycles. The average Bonchev–Trinajstić information content (AvgIpc) is 2.31. The molecule has 0 fully saturated rings.